The number of fused-ring (bicyclic) bond motifs is 1. The first-order valence-corrected chi connectivity index (χ1v) is 12.6. The van der Waals surface area contributed by atoms with Crippen LogP contribution in [0.4, 0.5) is 5.69 Å². The second kappa shape index (κ2) is 9.09. The number of anilines is 1. The van der Waals surface area contributed by atoms with Crippen molar-refractivity contribution in [2.75, 3.05) is 42.8 Å². The first-order chi connectivity index (χ1) is 12.7. The maximum atomic E-state index is 12.7. The number of benzene rings is 2. The monoisotopic (exact) mass is 428 g/mol. The van der Waals surface area contributed by atoms with Gasteiger partial charge in [0.05, 0.1) is 10.6 Å². The molecule has 0 amide bonds. The molecular formula is C18H24N2O4S3. The van der Waals surface area contributed by atoms with Crippen LogP contribution in [0.25, 0.3) is 10.8 Å². The van der Waals surface area contributed by atoms with Gasteiger partial charge in [0.1, 0.15) is 0 Å². The van der Waals surface area contributed by atoms with Crippen LogP contribution in [0.3, 0.4) is 0 Å². The molecule has 6 nitrogen and oxygen atoms in total. The van der Waals surface area contributed by atoms with Crippen LogP contribution >= 0.6 is 11.8 Å². The van der Waals surface area contributed by atoms with Crippen molar-refractivity contribution < 1.29 is 16.8 Å². The molecule has 0 aliphatic carbocycles. The number of hydrogen-bond donors (Lipinski definition) is 1. The highest BCUT2D eigenvalue weighted by Crippen LogP contribution is 2.30. The summed E-state index contributed by atoms with van der Waals surface area (Å²) in [6, 6.07) is 10.8. The number of sulfonamides is 1. The lowest BCUT2D eigenvalue weighted by atomic mass is 10.1. The van der Waals surface area contributed by atoms with Gasteiger partial charge in [-0.3, -0.25) is 0 Å². The quantitative estimate of drug-likeness (QED) is 0.586. The number of nitrogens with one attached hydrogen (secondary N) is 1. The van der Waals surface area contributed by atoms with Gasteiger partial charge in [-0.2, -0.15) is 11.8 Å². The molecule has 0 atom stereocenters. The van der Waals surface area contributed by atoms with Crippen molar-refractivity contribution in [3.63, 3.8) is 0 Å². The van der Waals surface area contributed by atoms with Gasteiger partial charge in [-0.05, 0) is 12.1 Å². The van der Waals surface area contributed by atoms with Gasteiger partial charge in [0.2, 0.25) is 10.0 Å². The summed E-state index contributed by atoms with van der Waals surface area (Å²) in [5.74, 6) is 0.890. The lowest BCUT2D eigenvalue weighted by molar-refractivity contribution is 0.585. The van der Waals surface area contributed by atoms with E-state index in [-0.39, 0.29) is 17.2 Å². The Kier molecular flexibility index (Phi) is 7.32. The van der Waals surface area contributed by atoms with E-state index in [4.69, 9.17) is 0 Å². The molecule has 0 spiro atoms. The summed E-state index contributed by atoms with van der Waals surface area (Å²) in [6.07, 6.45) is 0. The van der Waals surface area contributed by atoms with Gasteiger partial charge in [-0.1, -0.05) is 30.8 Å². The molecule has 0 aliphatic rings. The Morgan fingerprint density at radius 2 is 1.70 bits per heavy atom. The van der Waals surface area contributed by atoms with Crippen LogP contribution in [0.1, 0.15) is 0 Å². The SMILES string of the molecule is C=CS(=O)(=O)CCSCCNS(=O)(=O)c1cccc2c(N(C)C)cccc12. The zero-order valence-corrected chi connectivity index (χ0v) is 17.8. The van der Waals surface area contributed by atoms with Crippen LogP contribution in [0.5, 0.6) is 0 Å². The molecule has 2 aromatic carbocycles. The van der Waals surface area contributed by atoms with Crippen molar-refractivity contribution in [2.24, 2.45) is 0 Å². The predicted octanol–water partition coefficient (Wildman–Crippen LogP) is 2.48. The van der Waals surface area contributed by atoms with E-state index in [0.717, 1.165) is 16.5 Å². The van der Waals surface area contributed by atoms with Crippen molar-refractivity contribution in [3.8, 4) is 0 Å². The normalized spacial score (nSPS) is 12.2. The first-order valence-electron chi connectivity index (χ1n) is 8.29. The molecule has 2 rings (SSSR count). The zero-order valence-electron chi connectivity index (χ0n) is 15.4. The second-order valence-electron chi connectivity index (χ2n) is 6.07. The largest absolute Gasteiger partial charge is 0.377 e. The van der Waals surface area contributed by atoms with Gasteiger partial charge in [0, 0.05) is 54.0 Å². The molecular weight excluding hydrogens is 404 g/mol. The van der Waals surface area contributed by atoms with Gasteiger partial charge in [-0.15, -0.1) is 0 Å². The second-order valence-corrected chi connectivity index (χ2v) is 11.1. The van der Waals surface area contributed by atoms with Crippen LogP contribution in [0, 0.1) is 0 Å². The van der Waals surface area contributed by atoms with E-state index < -0.39 is 19.9 Å². The molecule has 0 saturated carbocycles. The van der Waals surface area contributed by atoms with Crippen molar-refractivity contribution in [2.45, 2.75) is 4.90 Å². The minimum absolute atomic E-state index is 0.00452. The maximum absolute atomic E-state index is 12.7. The van der Waals surface area contributed by atoms with E-state index in [1.54, 1.807) is 18.2 Å². The Bertz CT molecular complexity index is 1020. The Hall–Kier alpha value is -1.55. The standard InChI is InChI=1S/C18H24N2O4S3/c1-4-26(21,22)14-13-25-12-11-19-27(23,24)18-10-6-7-15-16(18)8-5-9-17(15)20(2)3/h4-10,19H,1,11-14H2,2-3H3. The number of nitrogens with zero attached hydrogens (tertiary/aromatic N) is 1. The van der Waals surface area contributed by atoms with Crippen molar-refractivity contribution in [3.05, 3.63) is 48.4 Å². The highest BCUT2D eigenvalue weighted by molar-refractivity contribution is 8.01. The van der Waals surface area contributed by atoms with Crippen molar-refractivity contribution in [1.82, 2.24) is 4.72 Å². The van der Waals surface area contributed by atoms with Crippen LogP contribution < -0.4 is 9.62 Å². The summed E-state index contributed by atoms with van der Waals surface area (Å²) in [5, 5.41) is 2.48. The molecule has 148 valence electrons. The fourth-order valence-electron chi connectivity index (χ4n) is 2.58. The van der Waals surface area contributed by atoms with Crippen LogP contribution in [0.15, 0.2) is 53.3 Å². The van der Waals surface area contributed by atoms with Crippen LogP contribution in [-0.4, -0.2) is 54.7 Å². The van der Waals surface area contributed by atoms with Gasteiger partial charge >= 0.3 is 0 Å². The van der Waals surface area contributed by atoms with E-state index in [1.165, 1.54) is 11.8 Å². The number of thioether (sulfide) groups is 1. The minimum Gasteiger partial charge on any atom is -0.377 e. The summed E-state index contributed by atoms with van der Waals surface area (Å²) in [7, 11) is -3.05. The molecule has 1 N–H and O–H groups in total. The van der Waals surface area contributed by atoms with E-state index in [0.29, 0.717) is 16.9 Å². The van der Waals surface area contributed by atoms with E-state index in [2.05, 4.69) is 11.3 Å². The predicted molar refractivity (Wildman–Crippen MR) is 115 cm³/mol. The molecule has 0 heterocycles. The fraction of sp³-hybridized carbons (Fsp3) is 0.333. The molecule has 2 aromatic rings. The van der Waals surface area contributed by atoms with Gasteiger partial charge in [-0.25, -0.2) is 21.6 Å². The highest BCUT2D eigenvalue weighted by Gasteiger charge is 2.18. The molecule has 0 saturated heterocycles. The molecule has 27 heavy (non-hydrogen) atoms. The van der Waals surface area contributed by atoms with Crippen LogP contribution in [0.2, 0.25) is 0 Å². The third-order valence-electron chi connectivity index (χ3n) is 3.93. The van der Waals surface area contributed by atoms with Gasteiger partial charge in [0.15, 0.2) is 9.84 Å². The Morgan fingerprint density at radius 3 is 2.37 bits per heavy atom. The Labute approximate surface area is 165 Å². The zero-order chi connectivity index (χ0) is 20.1. The molecule has 0 radical (unpaired) electrons. The molecule has 0 aromatic heterocycles. The number of sulfone groups is 1. The smallest absolute Gasteiger partial charge is 0.241 e. The summed E-state index contributed by atoms with van der Waals surface area (Å²) < 4.78 is 50.7. The first kappa shape index (κ1) is 21.7. The third-order valence-corrected chi connectivity index (χ3v) is 7.98. The van der Waals surface area contributed by atoms with Gasteiger partial charge < -0.3 is 4.90 Å². The van der Waals surface area contributed by atoms with Crippen molar-refractivity contribution in [1.29, 1.82) is 0 Å². The van der Waals surface area contributed by atoms with Gasteiger partial charge in [0.25, 0.3) is 0 Å². The highest BCUT2D eigenvalue weighted by atomic mass is 32.2. The third kappa shape index (κ3) is 5.71. The number of rotatable bonds is 10. The summed E-state index contributed by atoms with van der Waals surface area (Å²) in [5.41, 5.74) is 0.948. The maximum Gasteiger partial charge on any atom is 0.241 e. The summed E-state index contributed by atoms with van der Waals surface area (Å²) >= 11 is 1.38. The molecule has 0 bridgehead atoms. The van der Waals surface area contributed by atoms with Crippen molar-refractivity contribution >= 4 is 48.1 Å². The fourth-order valence-corrected chi connectivity index (χ4v) is 5.97. The average Bonchev–Trinajstić information content (AvgIpc) is 2.63. The lowest BCUT2D eigenvalue weighted by Crippen LogP contribution is -2.26. The van der Waals surface area contributed by atoms with Crippen LogP contribution in [-0.2, 0) is 19.9 Å². The van der Waals surface area contributed by atoms with E-state index in [1.807, 2.05) is 37.2 Å². The van der Waals surface area contributed by atoms with E-state index in [9.17, 15) is 16.8 Å². The molecule has 0 unspecified atom stereocenters. The molecule has 0 fully saturated rings. The lowest BCUT2D eigenvalue weighted by Gasteiger charge is -2.17. The summed E-state index contributed by atoms with van der Waals surface area (Å²) in [4.78, 5) is 2.18. The molecule has 0 aliphatic heterocycles. The minimum atomic E-state index is -3.67. The topological polar surface area (TPSA) is 83.5 Å². The Morgan fingerprint density at radius 1 is 1.04 bits per heavy atom. The number of hydrogen-bond acceptors (Lipinski definition) is 6. The average molecular weight is 429 g/mol. The molecule has 9 heteroatoms. The van der Waals surface area contributed by atoms with E-state index >= 15 is 0 Å². The summed E-state index contributed by atoms with van der Waals surface area (Å²) in [6.45, 7) is 3.49. The Balaban J connectivity index is 2.07.